The lowest BCUT2D eigenvalue weighted by atomic mass is 10.1. The number of nitrogens with zero attached hydrogens (tertiary/aromatic N) is 2. The van der Waals surface area contributed by atoms with Crippen molar-refractivity contribution in [1.29, 1.82) is 0 Å². The molecule has 2 aliphatic heterocycles. The summed E-state index contributed by atoms with van der Waals surface area (Å²) in [6.45, 7) is 0. The van der Waals surface area contributed by atoms with Crippen LogP contribution in [0.15, 0.2) is 34.4 Å². The van der Waals surface area contributed by atoms with E-state index in [9.17, 15) is 0 Å². The average molecular weight is 133 g/mol. The molecule has 0 bridgehead atoms. The van der Waals surface area contributed by atoms with E-state index in [2.05, 4.69) is 9.98 Å². The first-order chi connectivity index (χ1) is 4.86. The van der Waals surface area contributed by atoms with Gasteiger partial charge in [-0.2, -0.15) is 0 Å². The molecular formula is C7H7N3. The van der Waals surface area contributed by atoms with E-state index in [1.54, 1.807) is 12.3 Å². The van der Waals surface area contributed by atoms with E-state index in [-0.39, 0.29) is 5.92 Å². The topological polar surface area (TPSA) is 50.7 Å². The molecule has 0 saturated carbocycles. The van der Waals surface area contributed by atoms with Gasteiger partial charge in [-0.05, 0) is 6.08 Å². The Kier molecular flexibility index (Phi) is 0.974. The molecular weight excluding hydrogens is 126 g/mol. The van der Waals surface area contributed by atoms with Gasteiger partial charge in [-0.1, -0.05) is 12.2 Å². The Morgan fingerprint density at radius 2 is 2.30 bits per heavy atom. The van der Waals surface area contributed by atoms with Crippen LogP contribution in [0.5, 0.6) is 0 Å². The molecule has 0 aromatic heterocycles. The zero-order chi connectivity index (χ0) is 6.97. The molecule has 2 aliphatic rings. The Balaban J connectivity index is 2.39. The fourth-order valence-electron chi connectivity index (χ4n) is 1.01. The molecule has 2 heterocycles. The second-order valence-corrected chi connectivity index (χ2v) is 2.25. The maximum absolute atomic E-state index is 5.45. The number of aliphatic imine (C=N–C) groups is 2. The van der Waals surface area contributed by atoms with Gasteiger partial charge in [-0.3, -0.25) is 0 Å². The molecule has 10 heavy (non-hydrogen) atoms. The van der Waals surface area contributed by atoms with Crippen molar-refractivity contribution in [2.75, 3.05) is 0 Å². The van der Waals surface area contributed by atoms with Crippen LogP contribution in [0.3, 0.4) is 0 Å². The molecule has 0 amide bonds. The number of fused-ring (bicyclic) bond motifs is 1. The van der Waals surface area contributed by atoms with Crippen LogP contribution in [0.4, 0.5) is 0 Å². The van der Waals surface area contributed by atoms with Crippen molar-refractivity contribution in [3.8, 4) is 0 Å². The molecule has 2 N–H and O–H groups in total. The van der Waals surface area contributed by atoms with Gasteiger partial charge in [0.2, 0.25) is 0 Å². The van der Waals surface area contributed by atoms with Crippen LogP contribution in [0.2, 0.25) is 0 Å². The third-order valence-corrected chi connectivity index (χ3v) is 1.52. The minimum absolute atomic E-state index is 0.271. The van der Waals surface area contributed by atoms with Crippen molar-refractivity contribution >= 4 is 11.7 Å². The lowest BCUT2D eigenvalue weighted by Gasteiger charge is -2.06. The van der Waals surface area contributed by atoms with Gasteiger partial charge >= 0.3 is 0 Å². The fourth-order valence-corrected chi connectivity index (χ4v) is 1.01. The summed E-state index contributed by atoms with van der Waals surface area (Å²) >= 11 is 0. The molecule has 0 aromatic rings. The Morgan fingerprint density at radius 1 is 1.40 bits per heavy atom. The summed E-state index contributed by atoms with van der Waals surface area (Å²) in [5.41, 5.74) is 5.45. The van der Waals surface area contributed by atoms with Crippen LogP contribution in [-0.4, -0.2) is 11.7 Å². The first kappa shape index (κ1) is 5.41. The van der Waals surface area contributed by atoms with Crippen molar-refractivity contribution in [1.82, 2.24) is 0 Å². The SMILES string of the molecule is NC1=NC2=NC=C[C@H]2C=C1. The van der Waals surface area contributed by atoms with Crippen molar-refractivity contribution in [3.63, 3.8) is 0 Å². The van der Waals surface area contributed by atoms with Gasteiger partial charge in [0.05, 0.1) is 5.92 Å². The summed E-state index contributed by atoms with van der Waals surface area (Å²) in [4.78, 5) is 8.06. The van der Waals surface area contributed by atoms with E-state index in [4.69, 9.17) is 5.73 Å². The van der Waals surface area contributed by atoms with E-state index in [1.165, 1.54) is 0 Å². The van der Waals surface area contributed by atoms with E-state index >= 15 is 0 Å². The molecule has 0 radical (unpaired) electrons. The van der Waals surface area contributed by atoms with Gasteiger partial charge in [0.15, 0.2) is 0 Å². The zero-order valence-corrected chi connectivity index (χ0v) is 5.36. The summed E-state index contributed by atoms with van der Waals surface area (Å²) < 4.78 is 0. The maximum atomic E-state index is 5.45. The second kappa shape index (κ2) is 1.80. The standard InChI is InChI=1S/C7H7N3/c8-6-2-1-5-3-4-9-7(5)10-6/h1-5H,(H2,8,9,10)/t5-/m1/s1. The van der Waals surface area contributed by atoms with E-state index < -0.39 is 0 Å². The molecule has 0 saturated heterocycles. The van der Waals surface area contributed by atoms with Crippen molar-refractivity contribution in [2.45, 2.75) is 0 Å². The second-order valence-electron chi connectivity index (χ2n) is 2.25. The van der Waals surface area contributed by atoms with Gasteiger partial charge in [-0.25, -0.2) is 9.98 Å². The number of hydrogen-bond donors (Lipinski definition) is 1. The molecule has 2 rings (SSSR count). The molecule has 3 nitrogen and oxygen atoms in total. The van der Waals surface area contributed by atoms with Crippen molar-refractivity contribution < 1.29 is 0 Å². The largest absolute Gasteiger partial charge is 0.384 e. The molecule has 0 unspecified atom stereocenters. The summed E-state index contributed by atoms with van der Waals surface area (Å²) in [7, 11) is 0. The van der Waals surface area contributed by atoms with Crippen LogP contribution < -0.4 is 5.73 Å². The predicted molar refractivity (Wildman–Crippen MR) is 40.8 cm³/mol. The molecule has 3 heteroatoms. The Bertz CT molecular complexity index is 271. The smallest absolute Gasteiger partial charge is 0.141 e. The van der Waals surface area contributed by atoms with Crippen LogP contribution in [0, 0.1) is 5.92 Å². The Hall–Kier alpha value is -1.38. The number of nitrogens with two attached hydrogens (primary N) is 1. The van der Waals surface area contributed by atoms with E-state index in [0.717, 1.165) is 5.84 Å². The summed E-state index contributed by atoms with van der Waals surface area (Å²) in [5.74, 6) is 1.62. The number of rotatable bonds is 0. The molecule has 0 spiro atoms. The first-order valence-electron chi connectivity index (χ1n) is 3.13. The highest BCUT2D eigenvalue weighted by Gasteiger charge is 2.15. The highest BCUT2D eigenvalue weighted by molar-refractivity contribution is 6.07. The highest BCUT2D eigenvalue weighted by atomic mass is 15.0. The van der Waals surface area contributed by atoms with E-state index in [1.807, 2.05) is 12.2 Å². The number of dihydropyridines is 1. The van der Waals surface area contributed by atoms with Crippen molar-refractivity contribution in [3.05, 3.63) is 24.4 Å². The quantitative estimate of drug-likeness (QED) is 0.512. The normalized spacial score (nSPS) is 27.8. The summed E-state index contributed by atoms with van der Waals surface area (Å²) in [5, 5.41) is 0. The first-order valence-corrected chi connectivity index (χ1v) is 3.13. The number of amidine groups is 2. The van der Waals surface area contributed by atoms with Gasteiger partial charge < -0.3 is 5.73 Å². The highest BCUT2D eigenvalue weighted by Crippen LogP contribution is 2.15. The predicted octanol–water partition coefficient (Wildman–Crippen LogP) is 0.455. The van der Waals surface area contributed by atoms with E-state index in [0.29, 0.717) is 5.84 Å². The molecule has 0 aliphatic carbocycles. The van der Waals surface area contributed by atoms with Gasteiger partial charge in [-0.15, -0.1) is 0 Å². The minimum atomic E-state index is 0.271. The van der Waals surface area contributed by atoms with Gasteiger partial charge in [0.25, 0.3) is 0 Å². The third kappa shape index (κ3) is 0.673. The lowest BCUT2D eigenvalue weighted by Crippen LogP contribution is -2.18. The summed E-state index contributed by atoms with van der Waals surface area (Å²) in [6, 6.07) is 0. The summed E-state index contributed by atoms with van der Waals surface area (Å²) in [6.07, 6.45) is 7.54. The maximum Gasteiger partial charge on any atom is 0.141 e. The average Bonchev–Trinajstić information content (AvgIpc) is 2.33. The molecule has 1 atom stereocenters. The minimum Gasteiger partial charge on any atom is -0.384 e. The Morgan fingerprint density at radius 3 is 3.20 bits per heavy atom. The van der Waals surface area contributed by atoms with Gasteiger partial charge in [0.1, 0.15) is 11.7 Å². The Labute approximate surface area is 58.7 Å². The number of hydrogen-bond acceptors (Lipinski definition) is 3. The third-order valence-electron chi connectivity index (χ3n) is 1.52. The van der Waals surface area contributed by atoms with Crippen LogP contribution in [0.25, 0.3) is 0 Å². The van der Waals surface area contributed by atoms with Gasteiger partial charge in [0, 0.05) is 6.20 Å². The van der Waals surface area contributed by atoms with Crippen LogP contribution in [0.1, 0.15) is 0 Å². The zero-order valence-electron chi connectivity index (χ0n) is 5.36. The lowest BCUT2D eigenvalue weighted by molar-refractivity contribution is 1.13. The molecule has 50 valence electrons. The molecule has 0 fully saturated rings. The monoisotopic (exact) mass is 133 g/mol. The van der Waals surface area contributed by atoms with Crippen molar-refractivity contribution in [2.24, 2.45) is 21.6 Å². The molecule has 0 aromatic carbocycles. The van der Waals surface area contributed by atoms with Crippen LogP contribution in [-0.2, 0) is 0 Å². The fraction of sp³-hybridized carbons (Fsp3) is 0.143. The van der Waals surface area contributed by atoms with Crippen LogP contribution >= 0.6 is 0 Å².